The zero-order valence-corrected chi connectivity index (χ0v) is 12.0. The number of ether oxygens (including phenoxy) is 2. The molecule has 0 aliphatic heterocycles. The largest absolute Gasteiger partial charge is 0.483 e. The standard InChI is InChI=1S/C16H12F4O3/c1-22-15(21)12-7-6-10(17)8-13(12)11-4-2-3-5-14(11)23-9-16(18,19)20/h2-8H,9H2,1H3. The predicted octanol–water partition coefficient (Wildman–Crippen LogP) is 4.22. The van der Waals surface area contributed by atoms with Gasteiger partial charge in [0.05, 0.1) is 12.7 Å². The number of carbonyl (C=O) groups excluding carboxylic acids is 1. The monoisotopic (exact) mass is 328 g/mol. The maximum Gasteiger partial charge on any atom is 0.422 e. The Bertz CT molecular complexity index is 711. The molecule has 0 radical (unpaired) electrons. The number of hydrogen-bond donors (Lipinski definition) is 0. The number of halogens is 4. The Balaban J connectivity index is 2.50. The molecule has 0 saturated heterocycles. The SMILES string of the molecule is COC(=O)c1ccc(F)cc1-c1ccccc1OCC(F)(F)F. The molecular weight excluding hydrogens is 316 g/mol. The Kier molecular flexibility index (Phi) is 4.88. The second-order valence-electron chi connectivity index (χ2n) is 4.58. The molecule has 0 saturated carbocycles. The van der Waals surface area contributed by atoms with E-state index < -0.39 is 24.6 Å². The van der Waals surface area contributed by atoms with Crippen LogP contribution in [0.2, 0.25) is 0 Å². The van der Waals surface area contributed by atoms with Crippen molar-refractivity contribution in [1.82, 2.24) is 0 Å². The van der Waals surface area contributed by atoms with Crippen molar-refractivity contribution < 1.29 is 31.8 Å². The van der Waals surface area contributed by atoms with Crippen LogP contribution >= 0.6 is 0 Å². The molecule has 0 amide bonds. The molecule has 0 unspecified atom stereocenters. The third kappa shape index (κ3) is 4.21. The fraction of sp³-hybridized carbons (Fsp3) is 0.188. The molecule has 2 aromatic rings. The second-order valence-corrected chi connectivity index (χ2v) is 4.58. The number of alkyl halides is 3. The van der Waals surface area contributed by atoms with Crippen LogP contribution in [0.25, 0.3) is 11.1 Å². The summed E-state index contributed by atoms with van der Waals surface area (Å²) in [6.07, 6.45) is -4.51. The van der Waals surface area contributed by atoms with Crippen molar-refractivity contribution in [2.24, 2.45) is 0 Å². The van der Waals surface area contributed by atoms with E-state index in [9.17, 15) is 22.4 Å². The van der Waals surface area contributed by atoms with E-state index in [0.29, 0.717) is 0 Å². The van der Waals surface area contributed by atoms with Gasteiger partial charge in [0.1, 0.15) is 11.6 Å². The van der Waals surface area contributed by atoms with Gasteiger partial charge in [0.25, 0.3) is 0 Å². The van der Waals surface area contributed by atoms with Crippen LogP contribution in [0.15, 0.2) is 42.5 Å². The fourth-order valence-corrected chi connectivity index (χ4v) is 2.00. The van der Waals surface area contributed by atoms with Crippen molar-refractivity contribution in [3.63, 3.8) is 0 Å². The van der Waals surface area contributed by atoms with E-state index in [1.54, 1.807) is 6.07 Å². The molecule has 0 aliphatic carbocycles. The molecule has 0 atom stereocenters. The summed E-state index contributed by atoms with van der Waals surface area (Å²) in [5.74, 6) is -1.48. The first-order valence-electron chi connectivity index (χ1n) is 6.48. The third-order valence-corrected chi connectivity index (χ3v) is 2.96. The maximum absolute atomic E-state index is 13.5. The Labute approximate surface area is 129 Å². The minimum absolute atomic E-state index is 0.0250. The van der Waals surface area contributed by atoms with Crippen molar-refractivity contribution in [2.45, 2.75) is 6.18 Å². The van der Waals surface area contributed by atoms with E-state index in [2.05, 4.69) is 4.74 Å². The lowest BCUT2D eigenvalue weighted by Gasteiger charge is -2.15. The van der Waals surface area contributed by atoms with E-state index in [-0.39, 0.29) is 22.4 Å². The molecule has 0 N–H and O–H groups in total. The number of hydrogen-bond acceptors (Lipinski definition) is 3. The first kappa shape index (κ1) is 16.8. The average molecular weight is 328 g/mol. The lowest BCUT2D eigenvalue weighted by atomic mass is 9.98. The van der Waals surface area contributed by atoms with Gasteiger partial charge in [0.15, 0.2) is 6.61 Å². The van der Waals surface area contributed by atoms with Gasteiger partial charge in [-0.25, -0.2) is 9.18 Å². The molecule has 0 aliphatic rings. The van der Waals surface area contributed by atoms with Crippen LogP contribution in [0, 0.1) is 5.82 Å². The summed E-state index contributed by atoms with van der Waals surface area (Å²) in [5.41, 5.74) is 0.281. The summed E-state index contributed by atoms with van der Waals surface area (Å²) >= 11 is 0. The highest BCUT2D eigenvalue weighted by molar-refractivity contribution is 5.98. The van der Waals surface area contributed by atoms with Crippen LogP contribution in [0.5, 0.6) is 5.75 Å². The van der Waals surface area contributed by atoms with Crippen molar-refractivity contribution in [1.29, 1.82) is 0 Å². The zero-order valence-electron chi connectivity index (χ0n) is 12.0. The van der Waals surface area contributed by atoms with Gasteiger partial charge in [0.2, 0.25) is 0 Å². The topological polar surface area (TPSA) is 35.5 Å². The molecular formula is C16H12F4O3. The van der Waals surface area contributed by atoms with Gasteiger partial charge in [0, 0.05) is 11.1 Å². The molecule has 7 heteroatoms. The minimum Gasteiger partial charge on any atom is -0.483 e. The summed E-state index contributed by atoms with van der Waals surface area (Å²) in [4.78, 5) is 11.8. The van der Waals surface area contributed by atoms with Gasteiger partial charge in [-0.3, -0.25) is 0 Å². The van der Waals surface area contributed by atoms with Gasteiger partial charge in [-0.1, -0.05) is 18.2 Å². The molecule has 0 spiro atoms. The van der Waals surface area contributed by atoms with Crippen LogP contribution < -0.4 is 4.74 Å². The first-order valence-corrected chi connectivity index (χ1v) is 6.48. The maximum atomic E-state index is 13.5. The van der Waals surface area contributed by atoms with E-state index in [1.807, 2.05) is 0 Å². The highest BCUT2D eigenvalue weighted by Crippen LogP contribution is 2.34. The number of benzene rings is 2. The third-order valence-electron chi connectivity index (χ3n) is 2.96. The van der Waals surface area contributed by atoms with Crippen molar-refractivity contribution in [3.8, 4) is 16.9 Å². The molecule has 0 heterocycles. The molecule has 2 aromatic carbocycles. The molecule has 2 rings (SSSR count). The molecule has 0 fully saturated rings. The van der Waals surface area contributed by atoms with E-state index in [4.69, 9.17) is 4.74 Å². The molecule has 3 nitrogen and oxygen atoms in total. The number of rotatable bonds is 4. The van der Waals surface area contributed by atoms with Crippen molar-refractivity contribution >= 4 is 5.97 Å². The van der Waals surface area contributed by atoms with Gasteiger partial charge in [-0.2, -0.15) is 13.2 Å². The molecule has 0 aromatic heterocycles. The van der Waals surface area contributed by atoms with Crippen molar-refractivity contribution in [3.05, 3.63) is 53.8 Å². The number of carbonyl (C=O) groups is 1. The highest BCUT2D eigenvalue weighted by atomic mass is 19.4. The van der Waals surface area contributed by atoms with Gasteiger partial charge in [-0.05, 0) is 24.3 Å². The Morgan fingerprint density at radius 1 is 1.09 bits per heavy atom. The zero-order chi connectivity index (χ0) is 17.0. The quantitative estimate of drug-likeness (QED) is 0.623. The van der Waals surface area contributed by atoms with Crippen LogP contribution in [0.4, 0.5) is 17.6 Å². The second kappa shape index (κ2) is 6.68. The predicted molar refractivity (Wildman–Crippen MR) is 74.7 cm³/mol. The summed E-state index contributed by atoms with van der Waals surface area (Å²) in [7, 11) is 1.15. The summed E-state index contributed by atoms with van der Waals surface area (Å²) in [5, 5.41) is 0. The van der Waals surface area contributed by atoms with E-state index >= 15 is 0 Å². The Morgan fingerprint density at radius 2 is 1.78 bits per heavy atom. The highest BCUT2D eigenvalue weighted by Gasteiger charge is 2.29. The smallest absolute Gasteiger partial charge is 0.422 e. The lowest BCUT2D eigenvalue weighted by Crippen LogP contribution is -2.19. The number of esters is 1. The van der Waals surface area contributed by atoms with E-state index in [0.717, 1.165) is 19.2 Å². The summed E-state index contributed by atoms with van der Waals surface area (Å²) < 4.78 is 59.9. The Hall–Kier alpha value is -2.57. The molecule has 0 bridgehead atoms. The average Bonchev–Trinajstić information content (AvgIpc) is 2.51. The summed E-state index contributed by atoms with van der Waals surface area (Å²) in [6, 6.07) is 9.09. The van der Waals surface area contributed by atoms with Gasteiger partial charge in [-0.15, -0.1) is 0 Å². The Morgan fingerprint density at radius 3 is 2.43 bits per heavy atom. The van der Waals surface area contributed by atoms with E-state index in [1.165, 1.54) is 24.3 Å². The number of para-hydroxylation sites is 1. The van der Waals surface area contributed by atoms with Crippen LogP contribution in [0.1, 0.15) is 10.4 Å². The normalized spacial score (nSPS) is 11.2. The van der Waals surface area contributed by atoms with Crippen molar-refractivity contribution in [2.75, 3.05) is 13.7 Å². The first-order chi connectivity index (χ1) is 10.8. The van der Waals surface area contributed by atoms with Gasteiger partial charge < -0.3 is 9.47 Å². The van der Waals surface area contributed by atoms with Crippen LogP contribution in [-0.2, 0) is 4.74 Å². The minimum atomic E-state index is -4.51. The number of methoxy groups -OCH3 is 1. The lowest BCUT2D eigenvalue weighted by molar-refractivity contribution is -0.153. The molecule has 122 valence electrons. The van der Waals surface area contributed by atoms with Gasteiger partial charge >= 0.3 is 12.1 Å². The fourth-order valence-electron chi connectivity index (χ4n) is 2.00. The molecule has 23 heavy (non-hydrogen) atoms. The van der Waals surface area contributed by atoms with Crippen LogP contribution in [0.3, 0.4) is 0 Å². The summed E-state index contributed by atoms with van der Waals surface area (Å²) in [6.45, 7) is -1.49. The van der Waals surface area contributed by atoms with Crippen LogP contribution in [-0.4, -0.2) is 25.9 Å².